The number of halogens is 1. The van der Waals surface area contributed by atoms with Crippen molar-refractivity contribution in [3.63, 3.8) is 0 Å². The van der Waals surface area contributed by atoms with Crippen molar-refractivity contribution in [2.75, 3.05) is 6.61 Å². The Morgan fingerprint density at radius 2 is 2.32 bits per heavy atom. The number of nitrogens with two attached hydrogens (primary N) is 1. The maximum atomic E-state index is 13.2. The van der Waals surface area contributed by atoms with Crippen molar-refractivity contribution in [1.29, 1.82) is 0 Å². The van der Waals surface area contributed by atoms with Gasteiger partial charge in [-0.1, -0.05) is 0 Å². The summed E-state index contributed by atoms with van der Waals surface area (Å²) in [7, 11) is 0. The normalized spacial score (nSPS) is 12.4. The van der Waals surface area contributed by atoms with Crippen molar-refractivity contribution in [3.05, 3.63) is 48.3 Å². The van der Waals surface area contributed by atoms with E-state index in [0.717, 1.165) is 13.0 Å². The smallest absolute Gasteiger partial charge is 0.124 e. The summed E-state index contributed by atoms with van der Waals surface area (Å²) in [6.45, 7) is 3.21. The molecule has 2 rings (SSSR count). The molecule has 5 heteroatoms. The SMILES string of the molecule is C[C@@H](N)c1cc(F)ccc1OCCCn1ccnc1. The van der Waals surface area contributed by atoms with E-state index in [2.05, 4.69) is 4.98 Å². The van der Waals surface area contributed by atoms with Gasteiger partial charge in [-0.15, -0.1) is 0 Å². The van der Waals surface area contributed by atoms with E-state index in [0.29, 0.717) is 17.9 Å². The van der Waals surface area contributed by atoms with Gasteiger partial charge in [0.05, 0.1) is 12.9 Å². The van der Waals surface area contributed by atoms with Gasteiger partial charge in [-0.25, -0.2) is 9.37 Å². The van der Waals surface area contributed by atoms with E-state index in [1.807, 2.05) is 17.7 Å². The fourth-order valence-electron chi connectivity index (χ4n) is 1.85. The third-order valence-electron chi connectivity index (χ3n) is 2.84. The van der Waals surface area contributed by atoms with Crippen LogP contribution in [0.15, 0.2) is 36.9 Å². The molecule has 1 atom stereocenters. The van der Waals surface area contributed by atoms with Crippen molar-refractivity contribution in [3.8, 4) is 5.75 Å². The molecule has 0 aliphatic heterocycles. The number of nitrogens with zero attached hydrogens (tertiary/aromatic N) is 2. The molecule has 1 aromatic carbocycles. The number of hydrogen-bond donors (Lipinski definition) is 1. The Hall–Kier alpha value is -1.88. The third kappa shape index (κ3) is 3.79. The summed E-state index contributed by atoms with van der Waals surface area (Å²) in [6, 6.07) is 4.19. The summed E-state index contributed by atoms with van der Waals surface area (Å²) in [4.78, 5) is 3.97. The van der Waals surface area contributed by atoms with Gasteiger partial charge >= 0.3 is 0 Å². The van der Waals surface area contributed by atoms with Crippen molar-refractivity contribution in [2.24, 2.45) is 5.73 Å². The molecule has 0 saturated heterocycles. The summed E-state index contributed by atoms with van der Waals surface area (Å²) in [5, 5.41) is 0. The number of aryl methyl sites for hydroxylation is 1. The average molecular weight is 263 g/mol. The fourth-order valence-corrected chi connectivity index (χ4v) is 1.85. The summed E-state index contributed by atoms with van der Waals surface area (Å²) < 4.78 is 20.8. The lowest BCUT2D eigenvalue weighted by Gasteiger charge is -2.14. The van der Waals surface area contributed by atoms with E-state index in [4.69, 9.17) is 10.5 Å². The van der Waals surface area contributed by atoms with E-state index in [-0.39, 0.29) is 11.9 Å². The van der Waals surface area contributed by atoms with Crippen LogP contribution in [0.1, 0.15) is 24.9 Å². The number of hydrogen-bond acceptors (Lipinski definition) is 3. The number of imidazole rings is 1. The Balaban J connectivity index is 1.88. The monoisotopic (exact) mass is 263 g/mol. The number of ether oxygens (including phenoxy) is 1. The highest BCUT2D eigenvalue weighted by Gasteiger charge is 2.09. The lowest BCUT2D eigenvalue weighted by Crippen LogP contribution is -2.10. The topological polar surface area (TPSA) is 53.1 Å². The molecule has 102 valence electrons. The first-order chi connectivity index (χ1) is 9.16. The number of rotatable bonds is 6. The number of benzene rings is 1. The molecule has 2 aromatic rings. The molecule has 2 N–H and O–H groups in total. The molecule has 0 radical (unpaired) electrons. The van der Waals surface area contributed by atoms with Gasteiger partial charge in [0.15, 0.2) is 0 Å². The standard InChI is InChI=1S/C14H18FN3O/c1-11(16)13-9-12(15)3-4-14(13)19-8-2-6-18-7-5-17-10-18/h3-5,7,9-11H,2,6,8,16H2,1H3/t11-/m1/s1. The molecule has 0 aliphatic rings. The van der Waals surface area contributed by atoms with Gasteiger partial charge in [-0.3, -0.25) is 0 Å². The van der Waals surface area contributed by atoms with Gasteiger partial charge in [-0.05, 0) is 31.5 Å². The maximum absolute atomic E-state index is 13.2. The number of aromatic nitrogens is 2. The summed E-state index contributed by atoms with van der Waals surface area (Å²) in [5.74, 6) is 0.361. The second-order valence-electron chi connectivity index (χ2n) is 4.47. The zero-order valence-corrected chi connectivity index (χ0v) is 10.9. The highest BCUT2D eigenvalue weighted by Crippen LogP contribution is 2.24. The summed E-state index contributed by atoms with van der Waals surface area (Å²) >= 11 is 0. The Labute approximate surface area is 112 Å². The van der Waals surface area contributed by atoms with E-state index in [1.54, 1.807) is 18.6 Å². The maximum Gasteiger partial charge on any atom is 0.124 e. The van der Waals surface area contributed by atoms with Gasteiger partial charge < -0.3 is 15.0 Å². The van der Waals surface area contributed by atoms with Gasteiger partial charge in [0.1, 0.15) is 11.6 Å². The molecule has 0 saturated carbocycles. The van der Waals surface area contributed by atoms with Crippen LogP contribution in [0.5, 0.6) is 5.75 Å². The van der Waals surface area contributed by atoms with Crippen LogP contribution in [0.3, 0.4) is 0 Å². The molecular weight excluding hydrogens is 245 g/mol. The lowest BCUT2D eigenvalue weighted by molar-refractivity contribution is 0.297. The first-order valence-electron chi connectivity index (χ1n) is 6.30. The Morgan fingerprint density at radius 3 is 3.00 bits per heavy atom. The highest BCUT2D eigenvalue weighted by atomic mass is 19.1. The van der Waals surface area contributed by atoms with Crippen LogP contribution in [0, 0.1) is 5.82 Å². The van der Waals surface area contributed by atoms with Crippen LogP contribution in [0.2, 0.25) is 0 Å². The first kappa shape index (κ1) is 13.5. The average Bonchev–Trinajstić information content (AvgIpc) is 2.89. The minimum absolute atomic E-state index is 0.251. The lowest BCUT2D eigenvalue weighted by atomic mass is 10.1. The van der Waals surface area contributed by atoms with Crippen molar-refractivity contribution >= 4 is 0 Å². The molecule has 1 heterocycles. The van der Waals surface area contributed by atoms with Gasteiger partial charge in [0, 0.05) is 30.5 Å². The van der Waals surface area contributed by atoms with Crippen molar-refractivity contribution in [1.82, 2.24) is 9.55 Å². The Bertz CT molecular complexity index is 511. The molecule has 0 bridgehead atoms. The van der Waals surface area contributed by atoms with Crippen LogP contribution in [0.25, 0.3) is 0 Å². The van der Waals surface area contributed by atoms with E-state index < -0.39 is 0 Å². The molecule has 1 aromatic heterocycles. The van der Waals surface area contributed by atoms with Crippen LogP contribution in [-0.2, 0) is 6.54 Å². The zero-order valence-electron chi connectivity index (χ0n) is 10.9. The fraction of sp³-hybridized carbons (Fsp3) is 0.357. The molecule has 0 spiro atoms. The van der Waals surface area contributed by atoms with Crippen molar-refractivity contribution in [2.45, 2.75) is 25.9 Å². The molecule has 0 fully saturated rings. The van der Waals surface area contributed by atoms with Crippen molar-refractivity contribution < 1.29 is 9.13 Å². The summed E-state index contributed by atoms with van der Waals surface area (Å²) in [5.41, 5.74) is 6.50. The van der Waals surface area contributed by atoms with E-state index >= 15 is 0 Å². The second-order valence-corrected chi connectivity index (χ2v) is 4.47. The predicted molar refractivity (Wildman–Crippen MR) is 71.3 cm³/mol. The van der Waals surface area contributed by atoms with Crippen LogP contribution < -0.4 is 10.5 Å². The molecule has 0 unspecified atom stereocenters. The molecular formula is C14H18FN3O. The third-order valence-corrected chi connectivity index (χ3v) is 2.84. The quantitative estimate of drug-likeness (QED) is 0.815. The minimum atomic E-state index is -0.293. The van der Waals surface area contributed by atoms with Crippen LogP contribution >= 0.6 is 0 Å². The molecule has 0 amide bonds. The van der Waals surface area contributed by atoms with Gasteiger partial charge in [0.2, 0.25) is 0 Å². The van der Waals surface area contributed by atoms with E-state index in [1.165, 1.54) is 12.1 Å². The van der Waals surface area contributed by atoms with Gasteiger partial charge in [-0.2, -0.15) is 0 Å². The van der Waals surface area contributed by atoms with Gasteiger partial charge in [0.25, 0.3) is 0 Å². The highest BCUT2D eigenvalue weighted by molar-refractivity contribution is 5.36. The molecule has 19 heavy (non-hydrogen) atoms. The largest absolute Gasteiger partial charge is 0.493 e. The second kappa shape index (κ2) is 6.33. The van der Waals surface area contributed by atoms with Crippen LogP contribution in [0.4, 0.5) is 4.39 Å². The first-order valence-corrected chi connectivity index (χ1v) is 6.30. The Kier molecular flexibility index (Phi) is 4.52. The minimum Gasteiger partial charge on any atom is -0.493 e. The summed E-state index contributed by atoms with van der Waals surface area (Å²) in [6.07, 6.45) is 6.28. The zero-order chi connectivity index (χ0) is 13.7. The Morgan fingerprint density at radius 1 is 1.47 bits per heavy atom. The van der Waals surface area contributed by atoms with E-state index in [9.17, 15) is 4.39 Å². The predicted octanol–water partition coefficient (Wildman–Crippen LogP) is 2.51. The molecule has 4 nitrogen and oxygen atoms in total. The van der Waals surface area contributed by atoms with Crippen LogP contribution in [-0.4, -0.2) is 16.2 Å². The molecule has 0 aliphatic carbocycles.